The molecular formula is C39H31FN8O5S3. The van der Waals surface area contributed by atoms with Gasteiger partial charge in [0.15, 0.2) is 5.50 Å². The zero-order chi connectivity index (χ0) is 39.0. The molecule has 0 saturated carbocycles. The number of carboxylic acid groups (broad SMARTS) is 1. The molecule has 8 rings (SSSR count). The van der Waals surface area contributed by atoms with Gasteiger partial charge in [-0.2, -0.15) is 9.36 Å². The average Bonchev–Trinajstić information content (AvgIpc) is 3.96. The Kier molecular flexibility index (Phi) is 9.96. The number of fused-ring (bicyclic) bond motifs is 2. The Bertz CT molecular complexity index is 2440. The van der Waals surface area contributed by atoms with Crippen molar-refractivity contribution in [3.8, 4) is 0 Å². The number of aromatic nitrogens is 4. The number of aryl methyl sites for hydroxylation is 1. The van der Waals surface area contributed by atoms with Gasteiger partial charge in [-0.05, 0) is 29.7 Å². The molecule has 0 radical (unpaired) electrons. The highest BCUT2D eigenvalue weighted by atomic mass is 32.2. The standard InChI is InChI=1S/C39H31FN8O5S3/c1-22-27(54-28-20-41-21-47(22)28)19-18-26-31(37(51)52)48-35(50)30(36(48)55-32(26)40)42-34(49)29(45-53-2)33-43-38(56-46-33)44-39(23-12-6-3-7-13-23,24-14-8-4-9-15-24)25-16-10-5-11-17-25/h3-21,30,32,36H,1-2H3,(H,42,49)(H,51,52)(H,43,44,46)/t30-,32?,36-/m1/s1. The summed E-state index contributed by atoms with van der Waals surface area (Å²) in [6, 6.07) is 28.3. The number of nitrogens with zero attached hydrogens (tertiary/aromatic N) is 6. The maximum atomic E-state index is 15.8. The fourth-order valence-corrected chi connectivity index (χ4v) is 9.71. The number of oxime groups is 1. The quantitative estimate of drug-likeness (QED) is 0.0574. The summed E-state index contributed by atoms with van der Waals surface area (Å²) in [6.45, 7) is 1.87. The van der Waals surface area contributed by atoms with Crippen molar-refractivity contribution < 1.29 is 28.7 Å². The van der Waals surface area contributed by atoms with Crippen molar-refractivity contribution in [1.82, 2.24) is 29.0 Å². The summed E-state index contributed by atoms with van der Waals surface area (Å²) < 4.78 is 22.1. The molecule has 282 valence electrons. The first-order valence-electron chi connectivity index (χ1n) is 17.1. The van der Waals surface area contributed by atoms with Crippen LogP contribution in [0.3, 0.4) is 0 Å². The number of allylic oxidation sites excluding steroid dienone is 1. The molecule has 17 heteroatoms. The number of thiazole rings is 1. The highest BCUT2D eigenvalue weighted by Gasteiger charge is 2.56. The van der Waals surface area contributed by atoms with Gasteiger partial charge in [-0.15, -0.1) is 11.3 Å². The molecule has 1 fully saturated rings. The van der Waals surface area contributed by atoms with Crippen molar-refractivity contribution in [2.45, 2.75) is 29.4 Å². The minimum Gasteiger partial charge on any atom is -0.477 e. The highest BCUT2D eigenvalue weighted by Crippen LogP contribution is 2.46. The van der Waals surface area contributed by atoms with E-state index in [9.17, 15) is 19.5 Å². The molecule has 5 heterocycles. The predicted octanol–water partition coefficient (Wildman–Crippen LogP) is 6.06. The number of hydrogen-bond acceptors (Lipinski definition) is 12. The first-order valence-corrected chi connectivity index (χ1v) is 19.6. The number of aliphatic carboxylic acids is 1. The lowest BCUT2D eigenvalue weighted by Crippen LogP contribution is -2.71. The van der Waals surface area contributed by atoms with Crippen LogP contribution in [0.4, 0.5) is 9.52 Å². The maximum absolute atomic E-state index is 15.8. The molecule has 0 spiro atoms. The first-order chi connectivity index (χ1) is 27.2. The molecule has 3 atom stereocenters. The second kappa shape index (κ2) is 15.2. The van der Waals surface area contributed by atoms with Gasteiger partial charge in [-0.25, -0.2) is 14.2 Å². The number of halogens is 1. The Labute approximate surface area is 331 Å². The fraction of sp³-hybridized carbons (Fsp3) is 0.154. The molecule has 6 aromatic rings. The van der Waals surface area contributed by atoms with Crippen LogP contribution in [-0.2, 0) is 24.8 Å². The van der Waals surface area contributed by atoms with Crippen LogP contribution in [0.2, 0.25) is 0 Å². The smallest absolute Gasteiger partial charge is 0.353 e. The molecule has 0 bridgehead atoms. The Morgan fingerprint density at radius 1 is 0.982 bits per heavy atom. The third-order valence-electron chi connectivity index (χ3n) is 9.45. The SMILES string of the molecule is CON=C(C(=O)N[C@@H]1C(=O)N2C(C(=O)O)=C(C=Cc3sc4cncn4c3C)C(F)S[C@H]12)c1nsc(NC(c2ccccc2)(c2ccccc2)c2ccccc2)n1. The van der Waals surface area contributed by atoms with Crippen molar-refractivity contribution >= 4 is 74.2 Å². The van der Waals surface area contributed by atoms with E-state index in [1.807, 2.05) is 102 Å². The molecule has 2 aliphatic heterocycles. The second-order valence-electron chi connectivity index (χ2n) is 12.6. The number of alkyl halides is 1. The topological polar surface area (TPSA) is 163 Å². The van der Waals surface area contributed by atoms with Crippen LogP contribution in [0.5, 0.6) is 0 Å². The van der Waals surface area contributed by atoms with Crippen molar-refractivity contribution in [3.63, 3.8) is 0 Å². The minimum absolute atomic E-state index is 0.0846. The number of benzene rings is 3. The maximum Gasteiger partial charge on any atom is 0.353 e. The van der Waals surface area contributed by atoms with Gasteiger partial charge in [0.1, 0.15) is 40.9 Å². The third-order valence-corrected chi connectivity index (χ3v) is 12.5. The lowest BCUT2D eigenvalue weighted by atomic mass is 9.77. The van der Waals surface area contributed by atoms with Crippen LogP contribution in [0.1, 0.15) is 33.1 Å². The van der Waals surface area contributed by atoms with E-state index >= 15 is 4.39 Å². The number of nitrogens with one attached hydrogen (secondary N) is 2. The zero-order valence-corrected chi connectivity index (χ0v) is 32.0. The Hall–Kier alpha value is -6.17. The monoisotopic (exact) mass is 806 g/mol. The number of rotatable bonds is 12. The number of hydrogen-bond donors (Lipinski definition) is 3. The van der Waals surface area contributed by atoms with E-state index in [0.717, 1.165) is 60.3 Å². The number of carbonyl (C=O) groups is 3. The Balaban J connectivity index is 1.05. The number of β-lactam (4-membered cyclic amide) rings is 1. The molecule has 3 aromatic carbocycles. The fourth-order valence-electron chi connectivity index (χ4n) is 6.83. The van der Waals surface area contributed by atoms with E-state index in [4.69, 9.17) is 4.84 Å². The highest BCUT2D eigenvalue weighted by molar-refractivity contribution is 8.00. The number of amides is 2. The number of anilines is 1. The number of carboxylic acids is 1. The largest absolute Gasteiger partial charge is 0.477 e. The normalized spacial score (nSPS) is 18.6. The second-order valence-corrected chi connectivity index (χ2v) is 15.6. The van der Waals surface area contributed by atoms with Gasteiger partial charge in [0.25, 0.3) is 11.8 Å². The summed E-state index contributed by atoms with van der Waals surface area (Å²) in [6.07, 6.45) is 6.36. The third kappa shape index (κ3) is 6.42. The van der Waals surface area contributed by atoms with E-state index in [0.29, 0.717) is 5.13 Å². The number of thioether (sulfide) groups is 1. The van der Waals surface area contributed by atoms with Crippen LogP contribution in [0.15, 0.2) is 126 Å². The first kappa shape index (κ1) is 36.8. The van der Waals surface area contributed by atoms with Gasteiger partial charge in [0, 0.05) is 27.7 Å². The molecule has 1 unspecified atom stereocenters. The molecule has 3 aromatic heterocycles. The van der Waals surface area contributed by atoms with Crippen molar-refractivity contribution in [1.29, 1.82) is 0 Å². The van der Waals surface area contributed by atoms with E-state index in [1.165, 1.54) is 24.5 Å². The van der Waals surface area contributed by atoms with Gasteiger partial charge >= 0.3 is 5.97 Å². The molecule has 1 saturated heterocycles. The van der Waals surface area contributed by atoms with Gasteiger partial charge < -0.3 is 20.6 Å². The molecule has 2 aliphatic rings. The van der Waals surface area contributed by atoms with Gasteiger partial charge in [-0.3, -0.25) is 18.9 Å². The molecular weight excluding hydrogens is 776 g/mol. The van der Waals surface area contributed by atoms with Crippen molar-refractivity contribution in [2.24, 2.45) is 5.16 Å². The van der Waals surface area contributed by atoms with Gasteiger partial charge in [-0.1, -0.05) is 114 Å². The summed E-state index contributed by atoms with van der Waals surface area (Å²) in [5, 5.41) is 19.6. The Morgan fingerprint density at radius 3 is 2.18 bits per heavy atom. The molecule has 56 heavy (non-hydrogen) atoms. The Morgan fingerprint density at radius 2 is 1.61 bits per heavy atom. The summed E-state index contributed by atoms with van der Waals surface area (Å²) in [4.78, 5) is 56.2. The van der Waals surface area contributed by atoms with E-state index < -0.39 is 45.9 Å². The van der Waals surface area contributed by atoms with Crippen molar-refractivity contribution in [2.75, 3.05) is 12.4 Å². The minimum atomic E-state index is -1.81. The van der Waals surface area contributed by atoms with Gasteiger partial charge in [0.2, 0.25) is 16.7 Å². The molecule has 2 amide bonds. The van der Waals surface area contributed by atoms with E-state index in [2.05, 4.69) is 30.1 Å². The lowest BCUT2D eigenvalue weighted by Gasteiger charge is -2.49. The predicted molar refractivity (Wildman–Crippen MR) is 213 cm³/mol. The number of carbonyl (C=O) groups excluding carboxylic acids is 2. The summed E-state index contributed by atoms with van der Waals surface area (Å²) in [7, 11) is 1.25. The van der Waals surface area contributed by atoms with Crippen LogP contribution in [0, 0.1) is 6.92 Å². The molecule has 0 aliphatic carbocycles. The molecule has 3 N–H and O–H groups in total. The summed E-state index contributed by atoms with van der Waals surface area (Å²) >= 11 is 3.13. The van der Waals surface area contributed by atoms with E-state index in [-0.39, 0.29) is 17.1 Å². The molecule has 13 nitrogen and oxygen atoms in total. The van der Waals surface area contributed by atoms with Crippen LogP contribution in [-0.4, -0.2) is 76.3 Å². The summed E-state index contributed by atoms with van der Waals surface area (Å²) in [5.41, 5.74) is -0.0999. The van der Waals surface area contributed by atoms with Crippen LogP contribution < -0.4 is 10.6 Å². The number of imidazole rings is 1. The van der Waals surface area contributed by atoms with Crippen LogP contribution >= 0.6 is 34.6 Å². The summed E-state index contributed by atoms with van der Waals surface area (Å²) in [5.74, 6) is -3.14. The average molecular weight is 807 g/mol. The van der Waals surface area contributed by atoms with Crippen LogP contribution in [0.25, 0.3) is 10.9 Å². The zero-order valence-electron chi connectivity index (χ0n) is 29.6. The van der Waals surface area contributed by atoms with E-state index in [1.54, 1.807) is 18.6 Å². The lowest BCUT2D eigenvalue weighted by molar-refractivity contribution is -0.150. The van der Waals surface area contributed by atoms with Gasteiger partial charge in [0.05, 0.1) is 6.20 Å². The van der Waals surface area contributed by atoms with Crippen molar-refractivity contribution in [3.05, 3.63) is 154 Å².